The maximum Gasteiger partial charge on any atom is 0.136 e. The Morgan fingerprint density at radius 3 is 1.58 bits per heavy atom. The quantitative estimate of drug-likeness (QED) is 0.166. The normalized spacial score (nSPS) is 12.9. The summed E-state index contributed by atoms with van der Waals surface area (Å²) in [6.07, 6.45) is 0. The summed E-state index contributed by atoms with van der Waals surface area (Å²) in [5, 5.41) is 4.78. The summed E-state index contributed by atoms with van der Waals surface area (Å²) in [5.74, 6) is 0. The summed E-state index contributed by atoms with van der Waals surface area (Å²) in [6, 6.07) is 91.4. The Morgan fingerprint density at radius 1 is 0.284 bits per heavy atom. The van der Waals surface area contributed by atoms with Crippen molar-refractivity contribution in [2.75, 3.05) is 4.90 Å². The highest BCUT2D eigenvalue weighted by Gasteiger charge is 2.51. The van der Waals surface area contributed by atoms with Gasteiger partial charge in [0.15, 0.2) is 0 Å². The average molecular weight is 852 g/mol. The van der Waals surface area contributed by atoms with Crippen LogP contribution >= 0.6 is 0 Å². The Labute approximate surface area is 389 Å². The molecule has 1 heterocycles. The maximum atomic E-state index is 6.32. The highest BCUT2D eigenvalue weighted by molar-refractivity contribution is 6.12. The number of para-hydroxylation sites is 1. The molecule has 0 amide bonds. The predicted octanol–water partition coefficient (Wildman–Crippen LogP) is 17.6. The summed E-state index contributed by atoms with van der Waals surface area (Å²) >= 11 is 0. The van der Waals surface area contributed by atoms with Crippen molar-refractivity contribution in [3.05, 3.63) is 271 Å². The second kappa shape index (κ2) is 14.7. The van der Waals surface area contributed by atoms with Crippen LogP contribution < -0.4 is 4.90 Å². The van der Waals surface area contributed by atoms with E-state index in [1.807, 2.05) is 6.07 Å². The third-order valence-electron chi connectivity index (χ3n) is 14.5. The van der Waals surface area contributed by atoms with Crippen LogP contribution in [0.1, 0.15) is 22.3 Å². The maximum absolute atomic E-state index is 6.32. The van der Waals surface area contributed by atoms with Gasteiger partial charge in [-0.1, -0.05) is 194 Å². The van der Waals surface area contributed by atoms with Gasteiger partial charge in [0.2, 0.25) is 0 Å². The SMILES string of the molecule is c1ccc(-c2ccc(N(c3ccc(-c4cccc5oc6ccccc6c45)cc3)c3ccc4c(c3)C3(c5ccccc5-c5ccccc53)c3ccc(-c5cccc6ccccc56)cc3-4)cc2)cc1. The number of nitrogens with zero attached hydrogens (tertiary/aromatic N) is 1. The number of hydrogen-bond donors (Lipinski definition) is 0. The Kier molecular flexibility index (Phi) is 8.23. The molecule has 0 saturated carbocycles. The molecule has 0 radical (unpaired) electrons. The standard InChI is InChI=1S/C65H41NO/c1-2-14-42(15-3-1)43-28-33-47(34-29-43)66(48-35-30-45(31-36-48)52-23-13-27-63-64(52)56-21-8-11-26-62(56)67-63)49-37-38-55-57-40-46(51-22-12-17-44-16-4-5-18-50(44)51)32-39-60(57)65(61(55)41-49)58-24-9-6-19-53(58)54-20-7-10-25-59(54)65/h1-41H. The van der Waals surface area contributed by atoms with E-state index >= 15 is 0 Å². The van der Waals surface area contributed by atoms with E-state index in [1.165, 1.54) is 77.5 Å². The molecule has 2 nitrogen and oxygen atoms in total. The number of anilines is 3. The molecule has 67 heavy (non-hydrogen) atoms. The van der Waals surface area contributed by atoms with E-state index in [0.29, 0.717) is 0 Å². The summed E-state index contributed by atoms with van der Waals surface area (Å²) in [6.45, 7) is 0. The zero-order chi connectivity index (χ0) is 44.1. The van der Waals surface area contributed by atoms with Crippen molar-refractivity contribution in [1.29, 1.82) is 0 Å². The van der Waals surface area contributed by atoms with Crippen molar-refractivity contribution in [3.8, 4) is 55.6 Å². The first-order valence-electron chi connectivity index (χ1n) is 23.2. The molecule has 2 aliphatic rings. The third-order valence-corrected chi connectivity index (χ3v) is 14.5. The second-order valence-corrected chi connectivity index (χ2v) is 17.9. The average Bonchev–Trinajstić information content (AvgIpc) is 4.03. The van der Waals surface area contributed by atoms with Crippen molar-refractivity contribution in [2.24, 2.45) is 0 Å². The van der Waals surface area contributed by atoms with Gasteiger partial charge >= 0.3 is 0 Å². The summed E-state index contributed by atoms with van der Waals surface area (Å²) in [5.41, 5.74) is 22.1. The largest absolute Gasteiger partial charge is 0.456 e. The van der Waals surface area contributed by atoms with Crippen LogP contribution in [-0.2, 0) is 5.41 Å². The lowest BCUT2D eigenvalue weighted by atomic mass is 9.70. The van der Waals surface area contributed by atoms with Gasteiger partial charge in [-0.2, -0.15) is 0 Å². The molecule has 2 aliphatic carbocycles. The summed E-state index contributed by atoms with van der Waals surface area (Å²) in [7, 11) is 0. The van der Waals surface area contributed by atoms with Crippen LogP contribution in [0.2, 0.25) is 0 Å². The van der Waals surface area contributed by atoms with Crippen molar-refractivity contribution in [3.63, 3.8) is 0 Å². The fourth-order valence-electron chi connectivity index (χ4n) is 11.6. The van der Waals surface area contributed by atoms with E-state index in [-0.39, 0.29) is 0 Å². The van der Waals surface area contributed by atoms with E-state index in [4.69, 9.17) is 4.42 Å². The topological polar surface area (TPSA) is 16.4 Å². The molecule has 0 unspecified atom stereocenters. The van der Waals surface area contributed by atoms with Crippen LogP contribution in [-0.4, -0.2) is 0 Å². The van der Waals surface area contributed by atoms with Crippen LogP contribution in [0.4, 0.5) is 17.1 Å². The van der Waals surface area contributed by atoms with Crippen LogP contribution in [0.5, 0.6) is 0 Å². The first-order valence-corrected chi connectivity index (χ1v) is 23.2. The Balaban J connectivity index is 0.979. The third kappa shape index (κ3) is 5.57. The van der Waals surface area contributed by atoms with Crippen molar-refractivity contribution >= 4 is 49.8 Å². The summed E-state index contributed by atoms with van der Waals surface area (Å²) < 4.78 is 6.32. The minimum atomic E-state index is -0.510. The molecule has 1 spiro atoms. The lowest BCUT2D eigenvalue weighted by molar-refractivity contribution is 0.669. The van der Waals surface area contributed by atoms with Gasteiger partial charge in [-0.05, 0) is 143 Å². The van der Waals surface area contributed by atoms with Gasteiger partial charge < -0.3 is 9.32 Å². The van der Waals surface area contributed by atoms with E-state index < -0.39 is 5.41 Å². The minimum Gasteiger partial charge on any atom is -0.456 e. The van der Waals surface area contributed by atoms with Gasteiger partial charge in [-0.3, -0.25) is 0 Å². The molecular weight excluding hydrogens is 811 g/mol. The first-order chi connectivity index (χ1) is 33.2. The fraction of sp³-hybridized carbons (Fsp3) is 0.0154. The first kappa shape index (κ1) is 37.6. The van der Waals surface area contributed by atoms with E-state index in [9.17, 15) is 0 Å². The zero-order valence-electron chi connectivity index (χ0n) is 36.5. The van der Waals surface area contributed by atoms with Gasteiger partial charge in [-0.25, -0.2) is 0 Å². The molecule has 0 atom stereocenters. The van der Waals surface area contributed by atoms with Crippen LogP contribution in [0.25, 0.3) is 88.3 Å². The molecule has 1 aromatic heterocycles. The van der Waals surface area contributed by atoms with Gasteiger partial charge in [0.25, 0.3) is 0 Å². The van der Waals surface area contributed by atoms with Crippen molar-refractivity contribution in [2.45, 2.75) is 5.41 Å². The van der Waals surface area contributed by atoms with Gasteiger partial charge in [0, 0.05) is 27.8 Å². The molecule has 11 aromatic carbocycles. The Morgan fingerprint density at radius 2 is 0.806 bits per heavy atom. The predicted molar refractivity (Wildman–Crippen MR) is 279 cm³/mol. The number of rotatable bonds is 6. The van der Waals surface area contributed by atoms with Gasteiger partial charge in [-0.15, -0.1) is 0 Å². The smallest absolute Gasteiger partial charge is 0.136 e. The fourth-order valence-corrected chi connectivity index (χ4v) is 11.6. The van der Waals surface area contributed by atoms with E-state index in [1.54, 1.807) is 0 Å². The molecular formula is C65H41NO. The minimum absolute atomic E-state index is 0.510. The number of furan rings is 1. The molecule has 12 aromatic rings. The molecule has 0 fully saturated rings. The molecule has 0 saturated heterocycles. The molecule has 0 bridgehead atoms. The lowest BCUT2D eigenvalue weighted by Crippen LogP contribution is -2.26. The molecule has 0 aliphatic heterocycles. The van der Waals surface area contributed by atoms with E-state index in [0.717, 1.165) is 50.1 Å². The van der Waals surface area contributed by atoms with Crippen LogP contribution in [0.15, 0.2) is 253 Å². The molecule has 2 heteroatoms. The van der Waals surface area contributed by atoms with Crippen molar-refractivity contribution in [1.82, 2.24) is 0 Å². The molecule has 0 N–H and O–H groups in total. The number of hydrogen-bond acceptors (Lipinski definition) is 2. The van der Waals surface area contributed by atoms with Crippen LogP contribution in [0.3, 0.4) is 0 Å². The number of fused-ring (bicyclic) bond motifs is 14. The molecule has 14 rings (SSSR count). The second-order valence-electron chi connectivity index (χ2n) is 17.9. The zero-order valence-corrected chi connectivity index (χ0v) is 36.5. The van der Waals surface area contributed by atoms with Crippen LogP contribution in [0, 0.1) is 0 Å². The summed E-state index contributed by atoms with van der Waals surface area (Å²) in [4.78, 5) is 2.43. The van der Waals surface area contributed by atoms with Gasteiger partial charge in [0.05, 0.1) is 5.41 Å². The lowest BCUT2D eigenvalue weighted by Gasteiger charge is -2.32. The van der Waals surface area contributed by atoms with Gasteiger partial charge in [0.1, 0.15) is 11.2 Å². The highest BCUT2D eigenvalue weighted by atomic mass is 16.3. The highest BCUT2D eigenvalue weighted by Crippen LogP contribution is 2.64. The molecule has 312 valence electrons. The number of benzene rings is 11. The van der Waals surface area contributed by atoms with Crippen molar-refractivity contribution < 1.29 is 4.42 Å². The van der Waals surface area contributed by atoms with E-state index in [2.05, 4.69) is 248 Å². The monoisotopic (exact) mass is 851 g/mol. The Bertz CT molecular complexity index is 3870. The Hall–Kier alpha value is -8.72.